The molecule has 2 aromatic rings. The molecule has 0 fully saturated rings. The highest BCUT2D eigenvalue weighted by molar-refractivity contribution is 7.92. The first-order valence-corrected chi connectivity index (χ1v) is 11.2. The van der Waals surface area contributed by atoms with Gasteiger partial charge in [0, 0.05) is 11.1 Å². The lowest BCUT2D eigenvalue weighted by atomic mass is 10.2. The Morgan fingerprint density at radius 1 is 1.21 bits per heavy atom. The van der Waals surface area contributed by atoms with Crippen molar-refractivity contribution in [2.24, 2.45) is 0 Å². The van der Waals surface area contributed by atoms with Gasteiger partial charge in [0.15, 0.2) is 0 Å². The van der Waals surface area contributed by atoms with Crippen LogP contribution < -0.4 is 14.4 Å². The van der Waals surface area contributed by atoms with Crippen molar-refractivity contribution in [3.63, 3.8) is 0 Å². The summed E-state index contributed by atoms with van der Waals surface area (Å²) < 4.78 is 33.2. The molecule has 1 atom stereocenters. The van der Waals surface area contributed by atoms with Crippen LogP contribution in [0.25, 0.3) is 0 Å². The number of halogens is 1. The van der Waals surface area contributed by atoms with Crippen molar-refractivity contribution in [2.75, 3.05) is 18.0 Å². The van der Waals surface area contributed by atoms with E-state index in [4.69, 9.17) is 16.3 Å². The van der Waals surface area contributed by atoms with Gasteiger partial charge in [-0.25, -0.2) is 8.42 Å². The summed E-state index contributed by atoms with van der Waals surface area (Å²) in [5.41, 5.74) is 1.14. The van der Waals surface area contributed by atoms with Crippen molar-refractivity contribution in [3.05, 3.63) is 53.1 Å². The molecule has 1 amide bonds. The van der Waals surface area contributed by atoms with Gasteiger partial charge in [0.1, 0.15) is 12.3 Å². The molecule has 6 nitrogen and oxygen atoms in total. The Morgan fingerprint density at radius 3 is 2.45 bits per heavy atom. The molecule has 0 saturated heterocycles. The van der Waals surface area contributed by atoms with Crippen LogP contribution in [0.2, 0.25) is 5.02 Å². The normalized spacial score (nSPS) is 12.3. The van der Waals surface area contributed by atoms with Crippen LogP contribution in [0.4, 0.5) is 5.69 Å². The molecular formula is C21H27ClN2O4S. The third-order valence-corrected chi connectivity index (χ3v) is 6.44. The highest BCUT2D eigenvalue weighted by Gasteiger charge is 2.30. The van der Waals surface area contributed by atoms with Crippen molar-refractivity contribution < 1.29 is 17.9 Å². The Kier molecular flexibility index (Phi) is 7.93. The van der Waals surface area contributed by atoms with Crippen LogP contribution in [0.5, 0.6) is 5.75 Å². The van der Waals surface area contributed by atoms with E-state index in [1.807, 2.05) is 20.8 Å². The third kappa shape index (κ3) is 5.87. The van der Waals surface area contributed by atoms with E-state index in [2.05, 4.69) is 5.32 Å². The zero-order valence-electron chi connectivity index (χ0n) is 17.1. The van der Waals surface area contributed by atoms with Crippen molar-refractivity contribution in [1.82, 2.24) is 5.32 Å². The van der Waals surface area contributed by atoms with Crippen molar-refractivity contribution in [1.29, 1.82) is 0 Å². The minimum Gasteiger partial charge on any atom is -0.495 e. The summed E-state index contributed by atoms with van der Waals surface area (Å²) in [6, 6.07) is 11.1. The highest BCUT2D eigenvalue weighted by Crippen LogP contribution is 2.34. The fourth-order valence-electron chi connectivity index (χ4n) is 2.95. The first-order chi connectivity index (χ1) is 13.7. The Hall–Kier alpha value is -2.25. The molecular weight excluding hydrogens is 412 g/mol. The number of nitrogens with zero attached hydrogens (tertiary/aromatic N) is 1. The maximum atomic E-state index is 13.4. The van der Waals surface area contributed by atoms with E-state index in [1.54, 1.807) is 24.3 Å². The van der Waals surface area contributed by atoms with Gasteiger partial charge in [-0.3, -0.25) is 9.10 Å². The molecule has 0 saturated carbocycles. The van der Waals surface area contributed by atoms with Gasteiger partial charge in [0.05, 0.1) is 17.7 Å². The molecule has 0 aliphatic carbocycles. The van der Waals surface area contributed by atoms with E-state index < -0.39 is 15.9 Å². The second kappa shape index (κ2) is 9.98. The summed E-state index contributed by atoms with van der Waals surface area (Å²) in [6.45, 7) is 5.39. The monoisotopic (exact) mass is 438 g/mol. The number of amides is 1. The summed E-state index contributed by atoms with van der Waals surface area (Å²) in [5, 5.41) is 3.18. The molecule has 8 heteroatoms. The zero-order valence-corrected chi connectivity index (χ0v) is 18.7. The van der Waals surface area contributed by atoms with Gasteiger partial charge in [-0.1, -0.05) is 42.6 Å². The van der Waals surface area contributed by atoms with Crippen molar-refractivity contribution >= 4 is 33.2 Å². The lowest BCUT2D eigenvalue weighted by molar-refractivity contribution is -0.120. The maximum absolute atomic E-state index is 13.4. The van der Waals surface area contributed by atoms with Crippen LogP contribution >= 0.6 is 11.6 Å². The quantitative estimate of drug-likeness (QED) is 0.637. The number of anilines is 1. The number of nitrogens with one attached hydrogen (secondary N) is 1. The average Bonchev–Trinajstić information content (AvgIpc) is 2.66. The van der Waals surface area contributed by atoms with E-state index in [-0.39, 0.29) is 23.2 Å². The summed E-state index contributed by atoms with van der Waals surface area (Å²) in [4.78, 5) is 12.7. The Balaban J connectivity index is 2.50. The van der Waals surface area contributed by atoms with Crippen molar-refractivity contribution in [2.45, 2.75) is 44.6 Å². The Bertz CT molecular complexity index is 946. The van der Waals surface area contributed by atoms with Gasteiger partial charge >= 0.3 is 0 Å². The fourth-order valence-corrected chi connectivity index (χ4v) is 4.54. The predicted octanol–water partition coefficient (Wildman–Crippen LogP) is 4.16. The van der Waals surface area contributed by atoms with Crippen LogP contribution in [0.1, 0.15) is 32.3 Å². The molecule has 0 unspecified atom stereocenters. The predicted molar refractivity (Wildman–Crippen MR) is 116 cm³/mol. The fraction of sp³-hybridized carbons (Fsp3) is 0.381. The summed E-state index contributed by atoms with van der Waals surface area (Å²) in [7, 11) is -2.59. The minimum absolute atomic E-state index is 0.0577. The number of benzene rings is 2. The van der Waals surface area contributed by atoms with Crippen LogP contribution in [-0.4, -0.2) is 34.0 Å². The number of ether oxygens (including phenoxy) is 1. The molecule has 2 rings (SSSR count). The van der Waals surface area contributed by atoms with E-state index in [0.29, 0.717) is 10.8 Å². The van der Waals surface area contributed by atoms with E-state index in [0.717, 1.165) is 22.7 Å². The van der Waals surface area contributed by atoms with Gasteiger partial charge < -0.3 is 10.1 Å². The van der Waals surface area contributed by atoms with Gasteiger partial charge in [-0.05, 0) is 50.6 Å². The van der Waals surface area contributed by atoms with Gasteiger partial charge in [-0.2, -0.15) is 0 Å². The lowest BCUT2D eigenvalue weighted by Gasteiger charge is -2.26. The molecule has 0 aliphatic rings. The minimum atomic E-state index is -4.03. The smallest absolute Gasteiger partial charge is 0.264 e. The van der Waals surface area contributed by atoms with Crippen LogP contribution in [-0.2, 0) is 14.8 Å². The molecule has 1 N–H and O–H groups in total. The van der Waals surface area contributed by atoms with E-state index in [9.17, 15) is 13.2 Å². The Labute approximate surface area is 177 Å². The topological polar surface area (TPSA) is 75.7 Å². The number of rotatable bonds is 9. The number of methoxy groups -OCH3 is 1. The summed E-state index contributed by atoms with van der Waals surface area (Å²) in [6.07, 6.45) is 1.71. The maximum Gasteiger partial charge on any atom is 0.264 e. The molecule has 0 spiro atoms. The number of carbonyl (C=O) groups excluding carboxylic acids is 1. The van der Waals surface area contributed by atoms with E-state index >= 15 is 0 Å². The lowest BCUT2D eigenvalue weighted by Crippen LogP contribution is -2.43. The first-order valence-electron chi connectivity index (χ1n) is 9.41. The molecule has 0 aromatic heterocycles. The SMILES string of the molecule is CCC[C@H](C)NC(=O)CN(c1cc(Cl)ccc1OC)S(=O)(=O)c1ccc(C)cc1. The zero-order chi connectivity index (χ0) is 21.6. The molecule has 29 heavy (non-hydrogen) atoms. The molecule has 2 aromatic carbocycles. The number of sulfonamides is 1. The van der Waals surface area contributed by atoms with Gasteiger partial charge in [0.25, 0.3) is 10.0 Å². The second-order valence-electron chi connectivity index (χ2n) is 6.90. The van der Waals surface area contributed by atoms with Crippen molar-refractivity contribution in [3.8, 4) is 5.75 Å². The molecule has 158 valence electrons. The second-order valence-corrected chi connectivity index (χ2v) is 9.20. The number of hydrogen-bond donors (Lipinski definition) is 1. The van der Waals surface area contributed by atoms with Gasteiger partial charge in [-0.15, -0.1) is 0 Å². The first kappa shape index (κ1) is 23.0. The molecule has 0 aliphatic heterocycles. The highest BCUT2D eigenvalue weighted by atomic mass is 35.5. The number of hydrogen-bond acceptors (Lipinski definition) is 4. The summed E-state index contributed by atoms with van der Waals surface area (Å²) in [5.74, 6) is -0.0943. The van der Waals surface area contributed by atoms with Crippen LogP contribution in [0.3, 0.4) is 0 Å². The number of carbonyl (C=O) groups is 1. The van der Waals surface area contributed by atoms with Crippen LogP contribution in [0, 0.1) is 6.92 Å². The molecule has 0 radical (unpaired) electrons. The largest absolute Gasteiger partial charge is 0.495 e. The van der Waals surface area contributed by atoms with Gasteiger partial charge in [0.2, 0.25) is 5.91 Å². The molecule has 0 bridgehead atoms. The number of aryl methyl sites for hydroxylation is 1. The third-order valence-electron chi connectivity index (χ3n) is 4.43. The standard InChI is InChI=1S/C21H27ClN2O4S/c1-5-6-16(3)23-21(25)14-24(19-13-17(22)9-12-20(19)28-4)29(26,27)18-10-7-15(2)8-11-18/h7-13,16H,5-6,14H2,1-4H3,(H,23,25)/t16-/m0/s1. The van der Waals surface area contributed by atoms with E-state index in [1.165, 1.54) is 25.3 Å². The van der Waals surface area contributed by atoms with Crippen LogP contribution in [0.15, 0.2) is 47.4 Å². The summed E-state index contributed by atoms with van der Waals surface area (Å²) >= 11 is 6.12. The Morgan fingerprint density at radius 2 is 1.86 bits per heavy atom. The average molecular weight is 439 g/mol. The molecule has 0 heterocycles.